The fourth-order valence-electron chi connectivity index (χ4n) is 2.99. The Balaban J connectivity index is 1.81. The molecule has 0 bridgehead atoms. The molecule has 0 saturated carbocycles. The molecular formula is C23H20N4O4S. The van der Waals surface area contributed by atoms with E-state index in [1.165, 1.54) is 38.4 Å². The first kappa shape index (κ1) is 22.7. The molecule has 0 heterocycles. The van der Waals surface area contributed by atoms with Crippen molar-refractivity contribution in [1.82, 2.24) is 15.2 Å². The van der Waals surface area contributed by atoms with Gasteiger partial charge in [0.2, 0.25) is 10.0 Å². The summed E-state index contributed by atoms with van der Waals surface area (Å²) in [4.78, 5) is 25.2. The van der Waals surface area contributed by atoms with Crippen LogP contribution in [-0.4, -0.2) is 38.6 Å². The van der Waals surface area contributed by atoms with Crippen molar-refractivity contribution < 1.29 is 18.0 Å². The third kappa shape index (κ3) is 4.67. The molecule has 3 aromatic rings. The summed E-state index contributed by atoms with van der Waals surface area (Å²) >= 11 is 0. The molecule has 0 atom stereocenters. The van der Waals surface area contributed by atoms with Crippen LogP contribution in [0.5, 0.6) is 0 Å². The minimum absolute atomic E-state index is 0.0417. The Hall–Kier alpha value is -4.00. The summed E-state index contributed by atoms with van der Waals surface area (Å²) in [5.41, 5.74) is 6.52. The Labute approximate surface area is 186 Å². The second kappa shape index (κ2) is 9.43. The van der Waals surface area contributed by atoms with E-state index in [-0.39, 0.29) is 16.0 Å². The van der Waals surface area contributed by atoms with Gasteiger partial charge in [0.25, 0.3) is 11.8 Å². The largest absolute Gasteiger partial charge is 0.270 e. The third-order valence-electron chi connectivity index (χ3n) is 4.67. The van der Waals surface area contributed by atoms with Crippen LogP contribution in [0.4, 0.5) is 0 Å². The van der Waals surface area contributed by atoms with Crippen LogP contribution in [0.15, 0.2) is 77.7 Å². The van der Waals surface area contributed by atoms with E-state index in [1.54, 1.807) is 48.5 Å². The van der Waals surface area contributed by atoms with E-state index in [0.717, 1.165) is 4.31 Å². The van der Waals surface area contributed by atoms with Gasteiger partial charge in [-0.3, -0.25) is 20.4 Å². The van der Waals surface area contributed by atoms with Gasteiger partial charge in [0.05, 0.1) is 16.5 Å². The van der Waals surface area contributed by atoms with Crippen LogP contribution in [0.3, 0.4) is 0 Å². The molecule has 0 fully saturated rings. The van der Waals surface area contributed by atoms with Gasteiger partial charge in [0, 0.05) is 30.8 Å². The van der Waals surface area contributed by atoms with Gasteiger partial charge in [0.1, 0.15) is 0 Å². The van der Waals surface area contributed by atoms with Gasteiger partial charge < -0.3 is 0 Å². The summed E-state index contributed by atoms with van der Waals surface area (Å²) < 4.78 is 25.6. The summed E-state index contributed by atoms with van der Waals surface area (Å²) in [5.74, 6) is -1.26. The molecule has 0 aliphatic carbocycles. The molecule has 0 unspecified atom stereocenters. The molecule has 2 N–H and O–H groups in total. The number of hydrogen-bond acceptors (Lipinski definition) is 5. The topological polar surface area (TPSA) is 119 Å². The van der Waals surface area contributed by atoms with E-state index in [4.69, 9.17) is 0 Å². The highest BCUT2D eigenvalue weighted by Gasteiger charge is 2.19. The molecule has 0 spiro atoms. The van der Waals surface area contributed by atoms with Crippen molar-refractivity contribution in [3.05, 3.63) is 89.5 Å². The number of hydrogen-bond donors (Lipinski definition) is 2. The van der Waals surface area contributed by atoms with Crippen molar-refractivity contribution in [3.8, 4) is 17.2 Å². The van der Waals surface area contributed by atoms with Crippen molar-refractivity contribution in [2.75, 3.05) is 14.1 Å². The summed E-state index contributed by atoms with van der Waals surface area (Å²) in [6.45, 7) is 0. The SMILES string of the molecule is CN(C)S(=O)(=O)c1cccc(C(=O)NNC(=O)c2ccccc2-c2ccccc2C#N)c1. The molecule has 8 nitrogen and oxygen atoms in total. The van der Waals surface area contributed by atoms with Gasteiger partial charge in [-0.15, -0.1) is 0 Å². The molecule has 2 amide bonds. The molecule has 0 aliphatic rings. The second-order valence-electron chi connectivity index (χ2n) is 6.93. The van der Waals surface area contributed by atoms with Gasteiger partial charge in [-0.05, 0) is 35.9 Å². The molecule has 0 radical (unpaired) electrons. The highest BCUT2D eigenvalue weighted by molar-refractivity contribution is 7.89. The van der Waals surface area contributed by atoms with Crippen LogP contribution in [0.2, 0.25) is 0 Å². The lowest BCUT2D eigenvalue weighted by atomic mass is 9.95. The Morgan fingerprint density at radius 3 is 2.16 bits per heavy atom. The highest BCUT2D eigenvalue weighted by atomic mass is 32.2. The molecule has 162 valence electrons. The lowest BCUT2D eigenvalue weighted by molar-refractivity contribution is 0.0847. The highest BCUT2D eigenvalue weighted by Crippen LogP contribution is 2.26. The van der Waals surface area contributed by atoms with Gasteiger partial charge >= 0.3 is 0 Å². The molecule has 3 rings (SSSR count). The fraction of sp³-hybridized carbons (Fsp3) is 0.0870. The number of benzene rings is 3. The first-order valence-electron chi connectivity index (χ1n) is 9.47. The smallest absolute Gasteiger partial charge is 0.267 e. The number of sulfonamides is 1. The zero-order valence-electron chi connectivity index (χ0n) is 17.4. The normalized spacial score (nSPS) is 10.9. The number of carbonyl (C=O) groups is 2. The number of nitrogens with one attached hydrogen (secondary N) is 2. The number of nitriles is 1. The number of carbonyl (C=O) groups excluding carboxylic acids is 2. The predicted octanol–water partition coefficient (Wildman–Crippen LogP) is 2.55. The Morgan fingerprint density at radius 2 is 1.47 bits per heavy atom. The Kier molecular flexibility index (Phi) is 6.68. The van der Waals surface area contributed by atoms with Crippen LogP contribution in [0.25, 0.3) is 11.1 Å². The van der Waals surface area contributed by atoms with Gasteiger partial charge in [-0.25, -0.2) is 12.7 Å². The molecule has 0 aliphatic heterocycles. The van der Waals surface area contributed by atoms with E-state index < -0.39 is 21.8 Å². The number of rotatable bonds is 5. The number of amides is 2. The van der Waals surface area contributed by atoms with Crippen molar-refractivity contribution in [2.24, 2.45) is 0 Å². The first-order valence-corrected chi connectivity index (χ1v) is 10.9. The number of hydrazine groups is 1. The molecule has 9 heteroatoms. The minimum atomic E-state index is -3.71. The average molecular weight is 449 g/mol. The van der Waals surface area contributed by atoms with E-state index in [1.807, 2.05) is 0 Å². The summed E-state index contributed by atoms with van der Waals surface area (Å²) in [6, 6.07) is 21.2. The van der Waals surface area contributed by atoms with Crippen molar-refractivity contribution in [1.29, 1.82) is 5.26 Å². The fourth-order valence-corrected chi connectivity index (χ4v) is 3.94. The number of nitrogens with zero attached hydrogens (tertiary/aromatic N) is 2. The summed E-state index contributed by atoms with van der Waals surface area (Å²) in [6.07, 6.45) is 0. The van der Waals surface area contributed by atoms with Crippen molar-refractivity contribution >= 4 is 21.8 Å². The minimum Gasteiger partial charge on any atom is -0.267 e. The molecule has 32 heavy (non-hydrogen) atoms. The van der Waals surface area contributed by atoms with E-state index in [0.29, 0.717) is 16.7 Å². The van der Waals surface area contributed by atoms with Crippen LogP contribution in [0.1, 0.15) is 26.3 Å². The quantitative estimate of drug-likeness (QED) is 0.582. The maximum absolute atomic E-state index is 12.8. The maximum Gasteiger partial charge on any atom is 0.270 e. The maximum atomic E-state index is 12.8. The van der Waals surface area contributed by atoms with Gasteiger partial charge in [0.15, 0.2) is 0 Å². The van der Waals surface area contributed by atoms with Crippen LogP contribution in [-0.2, 0) is 10.0 Å². The van der Waals surface area contributed by atoms with Gasteiger partial charge in [-0.2, -0.15) is 5.26 Å². The van der Waals surface area contributed by atoms with E-state index >= 15 is 0 Å². The summed E-state index contributed by atoms with van der Waals surface area (Å²) in [5, 5.41) is 9.37. The zero-order valence-corrected chi connectivity index (χ0v) is 18.2. The zero-order chi connectivity index (χ0) is 23.3. The van der Waals surface area contributed by atoms with Crippen molar-refractivity contribution in [2.45, 2.75) is 4.90 Å². The Bertz CT molecular complexity index is 1330. The first-order chi connectivity index (χ1) is 15.3. The lowest BCUT2D eigenvalue weighted by Crippen LogP contribution is -2.41. The third-order valence-corrected chi connectivity index (χ3v) is 6.48. The van der Waals surface area contributed by atoms with Crippen LogP contribution < -0.4 is 10.9 Å². The van der Waals surface area contributed by atoms with E-state index in [2.05, 4.69) is 16.9 Å². The molecule has 0 aromatic heterocycles. The van der Waals surface area contributed by atoms with Crippen molar-refractivity contribution in [3.63, 3.8) is 0 Å². The standard InChI is InChI=1S/C23H20N4O4S/c1-27(2)32(30,31)18-10-7-9-16(14-18)22(28)25-26-23(29)21-13-6-5-12-20(21)19-11-4-3-8-17(19)15-24/h3-14H,1-2H3,(H,25,28)(H,26,29). The predicted molar refractivity (Wildman–Crippen MR) is 119 cm³/mol. The second-order valence-corrected chi connectivity index (χ2v) is 9.08. The van der Waals surface area contributed by atoms with Gasteiger partial charge in [-0.1, -0.05) is 42.5 Å². The average Bonchev–Trinajstić information content (AvgIpc) is 2.82. The summed E-state index contributed by atoms with van der Waals surface area (Å²) in [7, 11) is -0.924. The Morgan fingerprint density at radius 1 is 0.844 bits per heavy atom. The van der Waals surface area contributed by atoms with Crippen LogP contribution in [0, 0.1) is 11.3 Å². The van der Waals surface area contributed by atoms with E-state index in [9.17, 15) is 23.3 Å². The van der Waals surface area contributed by atoms with Crippen LogP contribution >= 0.6 is 0 Å². The monoisotopic (exact) mass is 448 g/mol. The lowest BCUT2D eigenvalue weighted by Gasteiger charge is -2.13. The molecular weight excluding hydrogens is 428 g/mol. The molecule has 3 aromatic carbocycles. The molecule has 0 saturated heterocycles.